The molecular formula is C23H28Cl2N2O4. The number of ether oxygens (including phenoxy) is 2. The molecular weight excluding hydrogens is 439 g/mol. The predicted molar refractivity (Wildman–Crippen MR) is 123 cm³/mol. The van der Waals surface area contributed by atoms with Gasteiger partial charge in [0.2, 0.25) is 11.8 Å². The highest BCUT2D eigenvalue weighted by molar-refractivity contribution is 6.36. The molecule has 0 bridgehead atoms. The third kappa shape index (κ3) is 6.28. The molecule has 2 amide bonds. The summed E-state index contributed by atoms with van der Waals surface area (Å²) in [5, 5.41) is 3.55. The van der Waals surface area contributed by atoms with Crippen molar-refractivity contribution in [1.82, 2.24) is 10.2 Å². The number of hydrogen-bond donors (Lipinski definition) is 1. The van der Waals surface area contributed by atoms with Crippen molar-refractivity contribution in [3.05, 3.63) is 57.6 Å². The second kappa shape index (κ2) is 11.8. The van der Waals surface area contributed by atoms with Crippen molar-refractivity contribution in [3.63, 3.8) is 0 Å². The van der Waals surface area contributed by atoms with E-state index in [0.29, 0.717) is 39.9 Å². The number of benzene rings is 2. The van der Waals surface area contributed by atoms with Gasteiger partial charge in [-0.05, 0) is 42.7 Å². The maximum absolute atomic E-state index is 13.2. The van der Waals surface area contributed by atoms with E-state index in [1.54, 1.807) is 50.4 Å². The molecule has 2 rings (SSSR count). The van der Waals surface area contributed by atoms with Gasteiger partial charge in [0.05, 0.1) is 14.2 Å². The van der Waals surface area contributed by atoms with Gasteiger partial charge in [0.25, 0.3) is 0 Å². The van der Waals surface area contributed by atoms with Gasteiger partial charge < -0.3 is 19.7 Å². The predicted octanol–water partition coefficient (Wildman–Crippen LogP) is 4.50. The van der Waals surface area contributed by atoms with Gasteiger partial charge in [-0.2, -0.15) is 0 Å². The van der Waals surface area contributed by atoms with E-state index >= 15 is 0 Å². The molecule has 0 radical (unpaired) electrons. The molecule has 0 aliphatic rings. The van der Waals surface area contributed by atoms with Gasteiger partial charge in [0.15, 0.2) is 11.5 Å². The molecule has 1 atom stereocenters. The lowest BCUT2D eigenvalue weighted by Crippen LogP contribution is -2.48. The molecule has 2 aromatic rings. The highest BCUT2D eigenvalue weighted by Crippen LogP contribution is 2.29. The number of aryl methyl sites for hydroxylation is 1. The van der Waals surface area contributed by atoms with E-state index in [0.717, 1.165) is 5.56 Å². The molecule has 0 aliphatic heterocycles. The van der Waals surface area contributed by atoms with Gasteiger partial charge >= 0.3 is 0 Å². The normalized spacial score (nSPS) is 11.5. The van der Waals surface area contributed by atoms with Gasteiger partial charge in [-0.15, -0.1) is 0 Å². The Balaban J connectivity index is 2.26. The van der Waals surface area contributed by atoms with Crippen LogP contribution in [0.3, 0.4) is 0 Å². The van der Waals surface area contributed by atoms with Crippen LogP contribution >= 0.6 is 23.2 Å². The molecule has 2 aromatic carbocycles. The fraction of sp³-hybridized carbons (Fsp3) is 0.391. The van der Waals surface area contributed by atoms with E-state index in [4.69, 9.17) is 32.7 Å². The Kier molecular flexibility index (Phi) is 9.46. The molecule has 168 valence electrons. The van der Waals surface area contributed by atoms with Gasteiger partial charge in [-0.25, -0.2) is 0 Å². The summed E-state index contributed by atoms with van der Waals surface area (Å²) in [6, 6.07) is 10.1. The quantitative estimate of drug-likeness (QED) is 0.559. The average molecular weight is 467 g/mol. The summed E-state index contributed by atoms with van der Waals surface area (Å²) >= 11 is 12.7. The molecule has 0 spiro atoms. The molecule has 0 heterocycles. The molecule has 1 N–H and O–H groups in total. The molecule has 31 heavy (non-hydrogen) atoms. The lowest BCUT2D eigenvalue weighted by atomic mass is 10.1. The molecule has 0 aromatic heterocycles. The standard InChI is InChI=1S/C23H28Cl2N2O4/c1-5-19(23(29)26-2)27(14-16-17(24)7-6-8-18(16)25)22(28)12-10-15-9-11-20(30-3)21(13-15)31-4/h6-9,11,13,19H,5,10,12,14H2,1-4H3,(H,26,29)/t19-/m0/s1. The molecule has 0 aliphatic carbocycles. The van der Waals surface area contributed by atoms with Gasteiger partial charge in [-0.3, -0.25) is 9.59 Å². The fourth-order valence-electron chi connectivity index (χ4n) is 3.37. The fourth-order valence-corrected chi connectivity index (χ4v) is 3.89. The molecule has 0 saturated heterocycles. The van der Waals surface area contributed by atoms with Crippen molar-refractivity contribution < 1.29 is 19.1 Å². The van der Waals surface area contributed by atoms with E-state index < -0.39 is 6.04 Å². The average Bonchev–Trinajstić information content (AvgIpc) is 2.78. The first-order valence-corrected chi connectivity index (χ1v) is 10.8. The Morgan fingerprint density at radius 2 is 1.71 bits per heavy atom. The first kappa shape index (κ1) is 24.8. The lowest BCUT2D eigenvalue weighted by Gasteiger charge is -2.31. The number of nitrogens with zero attached hydrogens (tertiary/aromatic N) is 1. The van der Waals surface area contributed by atoms with Crippen LogP contribution < -0.4 is 14.8 Å². The smallest absolute Gasteiger partial charge is 0.242 e. The van der Waals surface area contributed by atoms with Crippen molar-refractivity contribution in [2.75, 3.05) is 21.3 Å². The Labute approximate surface area is 193 Å². The van der Waals surface area contributed by atoms with Crippen LogP contribution in [0.2, 0.25) is 10.0 Å². The van der Waals surface area contributed by atoms with Gasteiger partial charge in [0, 0.05) is 35.6 Å². The van der Waals surface area contributed by atoms with E-state index in [-0.39, 0.29) is 24.8 Å². The maximum atomic E-state index is 13.2. The summed E-state index contributed by atoms with van der Waals surface area (Å²) in [5.74, 6) is 0.827. The van der Waals surface area contributed by atoms with Crippen LogP contribution in [0.1, 0.15) is 30.9 Å². The second-order valence-electron chi connectivity index (χ2n) is 6.95. The Hall–Kier alpha value is -2.44. The minimum absolute atomic E-state index is 0.148. The zero-order chi connectivity index (χ0) is 23.0. The van der Waals surface area contributed by atoms with Crippen LogP contribution in [0.15, 0.2) is 36.4 Å². The number of nitrogens with one attached hydrogen (secondary N) is 1. The molecule has 6 nitrogen and oxygen atoms in total. The van der Waals surface area contributed by atoms with Gasteiger partial charge in [0.1, 0.15) is 6.04 Å². The van der Waals surface area contributed by atoms with E-state index in [1.807, 2.05) is 19.1 Å². The van der Waals surface area contributed by atoms with Crippen LogP contribution in [-0.2, 0) is 22.6 Å². The Bertz CT molecular complexity index is 900. The number of methoxy groups -OCH3 is 2. The van der Waals surface area contributed by atoms with Crippen LogP contribution in [0.4, 0.5) is 0 Å². The van der Waals surface area contributed by atoms with Crippen molar-refractivity contribution in [2.45, 2.75) is 38.8 Å². The second-order valence-corrected chi connectivity index (χ2v) is 7.76. The molecule has 0 unspecified atom stereocenters. The molecule has 0 saturated carbocycles. The molecule has 0 fully saturated rings. The zero-order valence-corrected chi connectivity index (χ0v) is 19.7. The zero-order valence-electron chi connectivity index (χ0n) is 18.2. The summed E-state index contributed by atoms with van der Waals surface area (Å²) in [6.07, 6.45) is 1.16. The van der Waals surface area contributed by atoms with Crippen LogP contribution in [0.25, 0.3) is 0 Å². The molecule has 8 heteroatoms. The number of carbonyl (C=O) groups excluding carboxylic acids is 2. The van der Waals surface area contributed by atoms with E-state index in [2.05, 4.69) is 5.32 Å². The van der Waals surface area contributed by atoms with Crippen molar-refractivity contribution in [3.8, 4) is 11.5 Å². The minimum Gasteiger partial charge on any atom is -0.493 e. The summed E-state index contributed by atoms with van der Waals surface area (Å²) in [5.41, 5.74) is 1.54. The third-order valence-electron chi connectivity index (χ3n) is 5.10. The Morgan fingerprint density at radius 1 is 1.06 bits per heavy atom. The van der Waals surface area contributed by atoms with Crippen molar-refractivity contribution in [1.29, 1.82) is 0 Å². The monoisotopic (exact) mass is 466 g/mol. The minimum atomic E-state index is -0.629. The number of rotatable bonds is 10. The number of carbonyl (C=O) groups is 2. The maximum Gasteiger partial charge on any atom is 0.242 e. The van der Waals surface area contributed by atoms with Crippen LogP contribution in [-0.4, -0.2) is 44.0 Å². The van der Waals surface area contributed by atoms with Crippen LogP contribution in [0.5, 0.6) is 11.5 Å². The summed E-state index contributed by atoms with van der Waals surface area (Å²) in [4.78, 5) is 27.3. The van der Waals surface area contributed by atoms with Crippen molar-refractivity contribution >= 4 is 35.0 Å². The highest BCUT2D eigenvalue weighted by Gasteiger charge is 2.29. The largest absolute Gasteiger partial charge is 0.493 e. The van der Waals surface area contributed by atoms with Crippen molar-refractivity contribution in [2.24, 2.45) is 0 Å². The first-order valence-electron chi connectivity index (χ1n) is 10.0. The van der Waals surface area contributed by atoms with Gasteiger partial charge in [-0.1, -0.05) is 42.3 Å². The van der Waals surface area contributed by atoms with E-state index in [1.165, 1.54) is 0 Å². The number of amides is 2. The third-order valence-corrected chi connectivity index (χ3v) is 5.81. The lowest BCUT2D eigenvalue weighted by molar-refractivity contribution is -0.141. The summed E-state index contributed by atoms with van der Waals surface area (Å²) in [6.45, 7) is 2.01. The summed E-state index contributed by atoms with van der Waals surface area (Å²) < 4.78 is 10.6. The number of likely N-dealkylation sites (N-methyl/N-ethyl adjacent to an activating group) is 1. The SMILES string of the molecule is CC[C@@H](C(=O)NC)N(Cc1c(Cl)cccc1Cl)C(=O)CCc1ccc(OC)c(OC)c1. The number of halogens is 2. The topological polar surface area (TPSA) is 67.9 Å². The van der Waals surface area contributed by atoms with Crippen LogP contribution in [0, 0.1) is 0 Å². The number of hydrogen-bond acceptors (Lipinski definition) is 4. The summed E-state index contributed by atoms with van der Waals surface area (Å²) in [7, 11) is 4.69. The first-order chi connectivity index (χ1) is 14.9. The highest BCUT2D eigenvalue weighted by atomic mass is 35.5. The van der Waals surface area contributed by atoms with E-state index in [9.17, 15) is 9.59 Å². The Morgan fingerprint density at radius 3 is 2.26 bits per heavy atom.